The van der Waals surface area contributed by atoms with Gasteiger partial charge in [0.2, 0.25) is 11.8 Å². The van der Waals surface area contributed by atoms with Gasteiger partial charge < -0.3 is 26.0 Å². The number of hydrogen-bond acceptors (Lipinski definition) is 4. The summed E-state index contributed by atoms with van der Waals surface area (Å²) in [6.45, 7) is 2.30. The molecule has 0 bridgehead atoms. The predicted molar refractivity (Wildman–Crippen MR) is 79.3 cm³/mol. The van der Waals surface area contributed by atoms with Gasteiger partial charge in [-0.2, -0.15) is 0 Å². The molecule has 4 amide bonds. The lowest BCUT2D eigenvalue weighted by atomic mass is 10.1. The molecule has 2 heterocycles. The number of amides is 4. The van der Waals surface area contributed by atoms with Crippen LogP contribution in [0, 0.1) is 0 Å². The second-order valence-electron chi connectivity index (χ2n) is 5.95. The Morgan fingerprint density at radius 1 is 1.09 bits per heavy atom. The third-order valence-electron chi connectivity index (χ3n) is 4.37. The van der Waals surface area contributed by atoms with Gasteiger partial charge in [-0.3, -0.25) is 9.59 Å². The van der Waals surface area contributed by atoms with E-state index in [1.165, 1.54) is 16.7 Å². The number of nitrogens with zero attached hydrogens (tertiary/aromatic N) is 2. The van der Waals surface area contributed by atoms with Crippen molar-refractivity contribution in [1.82, 2.24) is 15.1 Å². The third kappa shape index (κ3) is 3.54. The summed E-state index contributed by atoms with van der Waals surface area (Å²) in [5.41, 5.74) is 5.01. The van der Waals surface area contributed by atoms with Gasteiger partial charge in [0.15, 0.2) is 0 Å². The van der Waals surface area contributed by atoms with E-state index in [4.69, 9.17) is 5.73 Å². The molecule has 0 spiro atoms. The smallest absolute Gasteiger partial charge is 0.326 e. The number of likely N-dealkylation sites (tertiary alicyclic amines) is 2. The normalized spacial score (nSPS) is 25.3. The van der Waals surface area contributed by atoms with Crippen molar-refractivity contribution in [2.45, 2.75) is 50.7 Å². The Bertz CT molecular complexity index is 523. The van der Waals surface area contributed by atoms with E-state index in [1.807, 2.05) is 0 Å². The number of aliphatic carboxylic acids is 1. The van der Waals surface area contributed by atoms with Crippen LogP contribution in [0.3, 0.4) is 0 Å². The highest BCUT2D eigenvalue weighted by Crippen LogP contribution is 2.25. The molecule has 0 radical (unpaired) electrons. The Hall–Kier alpha value is -2.32. The maximum absolute atomic E-state index is 12.7. The average Bonchev–Trinajstić information content (AvgIpc) is 3.13. The van der Waals surface area contributed by atoms with Crippen LogP contribution in [-0.2, 0) is 14.4 Å². The number of carbonyl (C=O) groups excluding carboxylic acids is 3. The van der Waals surface area contributed by atoms with Crippen LogP contribution in [0.2, 0.25) is 0 Å². The van der Waals surface area contributed by atoms with Crippen LogP contribution >= 0.6 is 0 Å². The van der Waals surface area contributed by atoms with Crippen LogP contribution in [0.15, 0.2) is 0 Å². The van der Waals surface area contributed by atoms with E-state index in [1.54, 1.807) is 0 Å². The SMILES string of the molecule is C[C@H](NC(N)=O)C(=O)N1CCC[C@H]1C(=O)N1CCC[C@H]1C(=O)O. The number of nitrogens with one attached hydrogen (secondary N) is 1. The molecule has 2 fully saturated rings. The Balaban J connectivity index is 2.09. The van der Waals surface area contributed by atoms with Crippen molar-refractivity contribution < 1.29 is 24.3 Å². The summed E-state index contributed by atoms with van der Waals surface area (Å²) < 4.78 is 0. The molecule has 9 nitrogen and oxygen atoms in total. The molecular formula is C14H22N4O5. The first kappa shape index (κ1) is 17.0. The molecule has 2 aliphatic rings. The highest BCUT2D eigenvalue weighted by Gasteiger charge is 2.42. The van der Waals surface area contributed by atoms with E-state index in [9.17, 15) is 24.3 Å². The van der Waals surface area contributed by atoms with E-state index < -0.39 is 30.1 Å². The number of hydrogen-bond donors (Lipinski definition) is 3. The second-order valence-corrected chi connectivity index (χ2v) is 5.95. The fourth-order valence-electron chi connectivity index (χ4n) is 3.29. The minimum atomic E-state index is -1.02. The highest BCUT2D eigenvalue weighted by atomic mass is 16.4. The molecule has 0 saturated carbocycles. The van der Waals surface area contributed by atoms with Gasteiger partial charge in [-0.05, 0) is 32.6 Å². The van der Waals surface area contributed by atoms with Crippen molar-refractivity contribution in [3.8, 4) is 0 Å². The minimum Gasteiger partial charge on any atom is -0.480 e. The summed E-state index contributed by atoms with van der Waals surface area (Å²) in [7, 11) is 0. The zero-order chi connectivity index (χ0) is 17.1. The summed E-state index contributed by atoms with van der Waals surface area (Å²) in [4.78, 5) is 50.0. The fourth-order valence-corrected chi connectivity index (χ4v) is 3.29. The highest BCUT2D eigenvalue weighted by molar-refractivity contribution is 5.93. The molecular weight excluding hydrogens is 304 g/mol. The van der Waals surface area contributed by atoms with Gasteiger partial charge in [0.1, 0.15) is 18.1 Å². The number of carboxylic acids is 1. The van der Waals surface area contributed by atoms with Crippen molar-refractivity contribution >= 4 is 23.8 Å². The predicted octanol–water partition coefficient (Wildman–Crippen LogP) is -0.890. The Morgan fingerprint density at radius 3 is 2.22 bits per heavy atom. The minimum absolute atomic E-state index is 0.327. The van der Waals surface area contributed by atoms with Crippen LogP contribution in [-0.4, -0.2) is 69.9 Å². The first-order chi connectivity index (χ1) is 10.8. The summed E-state index contributed by atoms with van der Waals surface area (Å²) in [6, 6.07) is -3.12. The van der Waals surface area contributed by atoms with Crippen LogP contribution in [0.5, 0.6) is 0 Å². The van der Waals surface area contributed by atoms with Crippen molar-refractivity contribution in [2.75, 3.05) is 13.1 Å². The average molecular weight is 326 g/mol. The quantitative estimate of drug-likeness (QED) is 0.616. The molecule has 2 rings (SSSR count). The Labute approximate surface area is 133 Å². The number of nitrogens with two attached hydrogens (primary N) is 1. The number of rotatable bonds is 4. The molecule has 0 aromatic heterocycles. The molecule has 0 aromatic carbocycles. The molecule has 23 heavy (non-hydrogen) atoms. The zero-order valence-electron chi connectivity index (χ0n) is 13.0. The molecule has 3 atom stereocenters. The Kier molecular flexibility index (Phi) is 5.07. The van der Waals surface area contributed by atoms with Gasteiger partial charge in [-0.15, -0.1) is 0 Å². The zero-order valence-corrected chi connectivity index (χ0v) is 13.0. The molecule has 0 aromatic rings. The van der Waals surface area contributed by atoms with Gasteiger partial charge in [-0.1, -0.05) is 0 Å². The molecule has 2 aliphatic heterocycles. The number of carboxylic acid groups (broad SMARTS) is 1. The molecule has 4 N–H and O–H groups in total. The number of urea groups is 1. The monoisotopic (exact) mass is 326 g/mol. The molecule has 0 unspecified atom stereocenters. The van der Waals surface area contributed by atoms with Crippen molar-refractivity contribution in [1.29, 1.82) is 0 Å². The molecule has 128 valence electrons. The van der Waals surface area contributed by atoms with Crippen molar-refractivity contribution in [3.05, 3.63) is 0 Å². The Morgan fingerprint density at radius 2 is 1.65 bits per heavy atom. The number of carbonyl (C=O) groups is 4. The molecule has 2 saturated heterocycles. The van der Waals surface area contributed by atoms with Crippen molar-refractivity contribution in [2.24, 2.45) is 5.73 Å². The maximum atomic E-state index is 12.7. The molecule has 0 aliphatic carbocycles. The summed E-state index contributed by atoms with van der Waals surface area (Å²) >= 11 is 0. The largest absolute Gasteiger partial charge is 0.480 e. The lowest BCUT2D eigenvalue weighted by molar-refractivity contribution is -0.152. The first-order valence-corrected chi connectivity index (χ1v) is 7.72. The van der Waals surface area contributed by atoms with E-state index in [0.717, 1.165) is 0 Å². The van der Waals surface area contributed by atoms with E-state index >= 15 is 0 Å². The van der Waals surface area contributed by atoms with Crippen LogP contribution in [0.25, 0.3) is 0 Å². The maximum Gasteiger partial charge on any atom is 0.326 e. The van der Waals surface area contributed by atoms with Gasteiger partial charge in [-0.25, -0.2) is 9.59 Å². The first-order valence-electron chi connectivity index (χ1n) is 7.72. The lowest BCUT2D eigenvalue weighted by Gasteiger charge is -2.31. The number of primary amides is 1. The third-order valence-corrected chi connectivity index (χ3v) is 4.37. The van der Waals surface area contributed by atoms with Crippen LogP contribution in [0.4, 0.5) is 4.79 Å². The van der Waals surface area contributed by atoms with Gasteiger partial charge in [0, 0.05) is 13.1 Å². The van der Waals surface area contributed by atoms with Gasteiger partial charge in [0.25, 0.3) is 0 Å². The van der Waals surface area contributed by atoms with E-state index in [-0.39, 0.29) is 11.8 Å². The topological polar surface area (TPSA) is 133 Å². The second kappa shape index (κ2) is 6.84. The summed E-state index contributed by atoms with van der Waals surface area (Å²) in [5, 5.41) is 11.5. The molecule has 9 heteroatoms. The standard InChI is InChI=1S/C14H22N4O5/c1-8(16-14(15)23)11(19)17-6-2-4-9(17)12(20)18-7-3-5-10(18)13(21)22/h8-10H,2-7H2,1H3,(H,21,22)(H3,15,16,23)/t8-,9-,10-/m0/s1. The van der Waals surface area contributed by atoms with E-state index in [2.05, 4.69) is 5.32 Å². The lowest BCUT2D eigenvalue weighted by Crippen LogP contribution is -2.55. The summed E-state index contributed by atoms with van der Waals surface area (Å²) in [6.07, 6.45) is 2.23. The van der Waals surface area contributed by atoms with Crippen LogP contribution < -0.4 is 11.1 Å². The van der Waals surface area contributed by atoms with Gasteiger partial charge >= 0.3 is 12.0 Å². The summed E-state index contributed by atoms with van der Waals surface area (Å²) in [5.74, 6) is -1.73. The van der Waals surface area contributed by atoms with Gasteiger partial charge in [0.05, 0.1) is 0 Å². The van der Waals surface area contributed by atoms with Crippen LogP contribution in [0.1, 0.15) is 32.6 Å². The van der Waals surface area contributed by atoms with Crippen molar-refractivity contribution in [3.63, 3.8) is 0 Å². The van der Waals surface area contributed by atoms with E-state index in [0.29, 0.717) is 38.8 Å². The fraction of sp³-hybridized carbons (Fsp3) is 0.714.